The first kappa shape index (κ1) is 12.3. The van der Waals surface area contributed by atoms with E-state index in [4.69, 9.17) is 0 Å². The van der Waals surface area contributed by atoms with Gasteiger partial charge in [-0.2, -0.15) is 0 Å². The predicted molar refractivity (Wildman–Crippen MR) is 81.4 cm³/mol. The topological polar surface area (TPSA) is 55.1 Å². The summed E-state index contributed by atoms with van der Waals surface area (Å²) in [5.74, 6) is 1.70. The van der Waals surface area contributed by atoms with Crippen LogP contribution in [-0.2, 0) is 12.8 Å². The molecule has 0 aliphatic heterocycles. The molecule has 1 N–H and O–H groups in total. The Morgan fingerprint density at radius 2 is 2.05 bits per heavy atom. The molecule has 1 aliphatic rings. The van der Waals surface area contributed by atoms with Gasteiger partial charge in [0, 0.05) is 18.4 Å². The van der Waals surface area contributed by atoms with E-state index >= 15 is 0 Å². The lowest BCUT2D eigenvalue weighted by atomic mass is 9.88. The number of aryl methyl sites for hydroxylation is 2. The Morgan fingerprint density at radius 1 is 1.19 bits per heavy atom. The predicted octanol–water partition coefficient (Wildman–Crippen LogP) is 2.40. The van der Waals surface area contributed by atoms with Crippen LogP contribution in [0.15, 0.2) is 36.7 Å². The molecule has 0 saturated heterocycles. The lowest BCUT2D eigenvalue weighted by molar-refractivity contribution is 0.609. The number of anilines is 1. The van der Waals surface area contributed by atoms with Gasteiger partial charge in [-0.25, -0.2) is 4.98 Å². The molecule has 0 amide bonds. The van der Waals surface area contributed by atoms with Crippen LogP contribution in [0.25, 0.3) is 5.65 Å². The molecular formula is C16H17N5. The molecule has 0 bridgehead atoms. The molecule has 0 radical (unpaired) electrons. The maximum absolute atomic E-state index is 4.44. The molecule has 5 heteroatoms. The SMILES string of the molecule is Cc1nnc2c(NC3CCc4ccccc4C3)nccn12. The highest BCUT2D eigenvalue weighted by Crippen LogP contribution is 2.24. The zero-order valence-electron chi connectivity index (χ0n) is 12.0. The van der Waals surface area contributed by atoms with Crippen molar-refractivity contribution >= 4 is 11.5 Å². The Bertz CT molecular complexity index is 792. The Balaban J connectivity index is 1.62. The Morgan fingerprint density at radius 3 is 2.95 bits per heavy atom. The molecule has 1 aromatic carbocycles. The fourth-order valence-corrected chi connectivity index (χ4v) is 3.06. The first-order valence-electron chi connectivity index (χ1n) is 7.31. The van der Waals surface area contributed by atoms with Crippen LogP contribution < -0.4 is 5.32 Å². The van der Waals surface area contributed by atoms with Gasteiger partial charge < -0.3 is 5.32 Å². The molecular weight excluding hydrogens is 262 g/mol. The van der Waals surface area contributed by atoms with Crippen LogP contribution in [0.4, 0.5) is 5.82 Å². The van der Waals surface area contributed by atoms with Crippen molar-refractivity contribution in [3.05, 3.63) is 53.6 Å². The van der Waals surface area contributed by atoms with Gasteiger partial charge in [0.25, 0.3) is 0 Å². The fourth-order valence-electron chi connectivity index (χ4n) is 3.06. The molecule has 0 saturated carbocycles. The average molecular weight is 279 g/mol. The smallest absolute Gasteiger partial charge is 0.203 e. The van der Waals surface area contributed by atoms with E-state index in [9.17, 15) is 0 Å². The quantitative estimate of drug-likeness (QED) is 0.782. The first-order chi connectivity index (χ1) is 10.3. The Labute approximate surface area is 123 Å². The minimum atomic E-state index is 0.399. The van der Waals surface area contributed by atoms with Gasteiger partial charge >= 0.3 is 0 Å². The van der Waals surface area contributed by atoms with E-state index in [-0.39, 0.29) is 0 Å². The van der Waals surface area contributed by atoms with Gasteiger partial charge in [0.15, 0.2) is 5.82 Å². The molecule has 3 aromatic rings. The van der Waals surface area contributed by atoms with Gasteiger partial charge in [-0.15, -0.1) is 10.2 Å². The number of nitrogens with one attached hydrogen (secondary N) is 1. The number of hydrogen-bond donors (Lipinski definition) is 1. The second-order valence-electron chi connectivity index (χ2n) is 5.57. The van der Waals surface area contributed by atoms with E-state index < -0.39 is 0 Å². The van der Waals surface area contributed by atoms with Crippen molar-refractivity contribution in [2.24, 2.45) is 0 Å². The highest BCUT2D eigenvalue weighted by atomic mass is 15.3. The molecule has 106 valence electrons. The third-order valence-corrected chi connectivity index (χ3v) is 4.19. The number of benzene rings is 1. The van der Waals surface area contributed by atoms with Crippen LogP contribution in [0.5, 0.6) is 0 Å². The standard InChI is InChI=1S/C16H17N5/c1-11-19-20-16-15(17-8-9-21(11)16)18-14-7-6-12-4-2-3-5-13(12)10-14/h2-5,8-9,14H,6-7,10H2,1H3,(H,17,18). The van der Waals surface area contributed by atoms with E-state index in [1.165, 1.54) is 11.1 Å². The molecule has 5 nitrogen and oxygen atoms in total. The summed E-state index contributed by atoms with van der Waals surface area (Å²) in [7, 11) is 0. The summed E-state index contributed by atoms with van der Waals surface area (Å²) >= 11 is 0. The Hall–Kier alpha value is -2.43. The first-order valence-corrected chi connectivity index (χ1v) is 7.31. The Kier molecular flexibility index (Phi) is 2.84. The van der Waals surface area contributed by atoms with Crippen molar-refractivity contribution in [3.8, 4) is 0 Å². The summed E-state index contributed by atoms with van der Waals surface area (Å²) in [6.45, 7) is 1.95. The number of rotatable bonds is 2. The molecule has 1 aliphatic carbocycles. The van der Waals surface area contributed by atoms with Crippen LogP contribution in [0.3, 0.4) is 0 Å². The normalized spacial score (nSPS) is 17.7. The minimum absolute atomic E-state index is 0.399. The number of fused-ring (bicyclic) bond motifs is 2. The summed E-state index contributed by atoms with van der Waals surface area (Å²) in [6.07, 6.45) is 6.95. The van der Waals surface area contributed by atoms with Crippen molar-refractivity contribution in [1.29, 1.82) is 0 Å². The molecule has 0 fully saturated rings. The van der Waals surface area contributed by atoms with Crippen LogP contribution in [0.2, 0.25) is 0 Å². The zero-order valence-corrected chi connectivity index (χ0v) is 12.0. The highest BCUT2D eigenvalue weighted by Gasteiger charge is 2.19. The molecule has 21 heavy (non-hydrogen) atoms. The summed E-state index contributed by atoms with van der Waals surface area (Å²) in [6, 6.07) is 9.08. The van der Waals surface area contributed by atoms with Crippen LogP contribution >= 0.6 is 0 Å². The van der Waals surface area contributed by atoms with Crippen molar-refractivity contribution in [1.82, 2.24) is 19.6 Å². The minimum Gasteiger partial charge on any atom is -0.364 e. The van der Waals surface area contributed by atoms with E-state index in [1.54, 1.807) is 6.20 Å². The summed E-state index contributed by atoms with van der Waals surface area (Å²) in [5, 5.41) is 11.9. The van der Waals surface area contributed by atoms with E-state index in [0.717, 1.165) is 36.6 Å². The number of nitrogens with zero attached hydrogens (tertiary/aromatic N) is 4. The fraction of sp³-hybridized carbons (Fsp3) is 0.312. The molecule has 1 unspecified atom stereocenters. The van der Waals surface area contributed by atoms with E-state index in [2.05, 4.69) is 44.8 Å². The van der Waals surface area contributed by atoms with Crippen molar-refractivity contribution in [2.45, 2.75) is 32.2 Å². The second-order valence-corrected chi connectivity index (χ2v) is 5.57. The van der Waals surface area contributed by atoms with Crippen molar-refractivity contribution < 1.29 is 0 Å². The summed E-state index contributed by atoms with van der Waals surface area (Å²) in [5.41, 5.74) is 3.71. The lowest BCUT2D eigenvalue weighted by Crippen LogP contribution is -2.28. The zero-order chi connectivity index (χ0) is 14.2. The summed E-state index contributed by atoms with van der Waals surface area (Å²) < 4.78 is 1.96. The molecule has 2 aromatic heterocycles. The third kappa shape index (κ3) is 2.14. The largest absolute Gasteiger partial charge is 0.364 e. The van der Waals surface area contributed by atoms with Crippen LogP contribution in [0.1, 0.15) is 23.4 Å². The maximum atomic E-state index is 4.44. The highest BCUT2D eigenvalue weighted by molar-refractivity contribution is 5.62. The number of hydrogen-bond acceptors (Lipinski definition) is 4. The van der Waals surface area contributed by atoms with Gasteiger partial charge in [0.05, 0.1) is 0 Å². The lowest BCUT2D eigenvalue weighted by Gasteiger charge is -2.25. The average Bonchev–Trinajstić information content (AvgIpc) is 2.90. The van der Waals surface area contributed by atoms with Gasteiger partial charge in [0.2, 0.25) is 5.65 Å². The second kappa shape index (κ2) is 4.84. The van der Waals surface area contributed by atoms with Gasteiger partial charge in [-0.1, -0.05) is 24.3 Å². The van der Waals surface area contributed by atoms with E-state index in [1.807, 2.05) is 17.5 Å². The molecule has 2 heterocycles. The van der Waals surface area contributed by atoms with Gasteiger partial charge in [-0.3, -0.25) is 4.40 Å². The van der Waals surface area contributed by atoms with Gasteiger partial charge in [0.1, 0.15) is 5.82 Å². The molecule has 4 rings (SSSR count). The van der Waals surface area contributed by atoms with Gasteiger partial charge in [-0.05, 0) is 37.3 Å². The van der Waals surface area contributed by atoms with Crippen molar-refractivity contribution in [3.63, 3.8) is 0 Å². The maximum Gasteiger partial charge on any atom is 0.203 e. The third-order valence-electron chi connectivity index (χ3n) is 4.19. The molecule has 0 spiro atoms. The van der Waals surface area contributed by atoms with Crippen LogP contribution in [-0.4, -0.2) is 25.6 Å². The molecule has 1 atom stereocenters. The van der Waals surface area contributed by atoms with Crippen LogP contribution in [0, 0.1) is 6.92 Å². The van der Waals surface area contributed by atoms with Crippen molar-refractivity contribution in [2.75, 3.05) is 5.32 Å². The monoisotopic (exact) mass is 279 g/mol. The summed E-state index contributed by atoms with van der Waals surface area (Å²) in [4.78, 5) is 4.44. The number of aromatic nitrogens is 4. The van der Waals surface area contributed by atoms with E-state index in [0.29, 0.717) is 6.04 Å².